The molecule has 154 valence electrons. The topological polar surface area (TPSA) is 108 Å². The monoisotopic (exact) mass is 394 g/mol. The first-order valence-corrected chi connectivity index (χ1v) is 10.1. The lowest BCUT2D eigenvalue weighted by molar-refractivity contribution is -0.332. The Morgan fingerprint density at radius 1 is 0.714 bits per heavy atom. The molecule has 2 unspecified atom stereocenters. The minimum Gasteiger partial charge on any atom is -0.432 e. The summed E-state index contributed by atoms with van der Waals surface area (Å²) in [6.45, 7) is 0. The summed E-state index contributed by atoms with van der Waals surface area (Å²) in [5.41, 5.74) is 0. The first-order chi connectivity index (χ1) is 13.4. The maximum absolute atomic E-state index is 12.4. The lowest BCUT2D eigenvalue weighted by atomic mass is 9.91. The summed E-state index contributed by atoms with van der Waals surface area (Å²) < 4.78 is 22.0. The molecule has 2 aliphatic heterocycles. The van der Waals surface area contributed by atoms with Gasteiger partial charge >= 0.3 is 17.9 Å². The molecule has 4 rings (SSSR count). The summed E-state index contributed by atoms with van der Waals surface area (Å²) in [5, 5.41) is 10.3. The highest BCUT2D eigenvalue weighted by Gasteiger charge is 2.50. The molecular formula is C20H26O8. The molecule has 0 aromatic heterocycles. The molecule has 2 saturated carbocycles. The van der Waals surface area contributed by atoms with E-state index >= 15 is 0 Å². The molecule has 0 aromatic carbocycles. The van der Waals surface area contributed by atoms with E-state index in [1.165, 1.54) is 12.2 Å². The van der Waals surface area contributed by atoms with Crippen LogP contribution < -0.4 is 0 Å². The minimum atomic E-state index is -1.39. The molecule has 2 atom stereocenters. The van der Waals surface area contributed by atoms with E-state index in [1.807, 2.05) is 0 Å². The Morgan fingerprint density at radius 3 is 1.75 bits per heavy atom. The van der Waals surface area contributed by atoms with Crippen molar-refractivity contribution in [2.45, 2.75) is 82.1 Å². The van der Waals surface area contributed by atoms with Gasteiger partial charge in [-0.05, 0) is 25.7 Å². The van der Waals surface area contributed by atoms with Crippen LogP contribution in [0.5, 0.6) is 0 Å². The Balaban J connectivity index is 1.42. The predicted molar refractivity (Wildman–Crippen MR) is 93.1 cm³/mol. The van der Waals surface area contributed by atoms with Crippen molar-refractivity contribution in [2.75, 3.05) is 0 Å². The van der Waals surface area contributed by atoms with E-state index in [2.05, 4.69) is 0 Å². The lowest BCUT2D eigenvalue weighted by Crippen LogP contribution is -2.52. The van der Waals surface area contributed by atoms with Crippen LogP contribution in [0.25, 0.3) is 0 Å². The van der Waals surface area contributed by atoms with Gasteiger partial charge in [-0.15, -0.1) is 0 Å². The maximum Gasteiger partial charge on any atom is 0.327 e. The summed E-state index contributed by atoms with van der Waals surface area (Å²) in [6.07, 6.45) is 8.67. The Labute approximate surface area is 163 Å². The maximum atomic E-state index is 12.4. The lowest BCUT2D eigenvalue weighted by Gasteiger charge is -2.43. The Bertz CT molecular complexity index is 652. The Kier molecular flexibility index (Phi) is 5.18. The van der Waals surface area contributed by atoms with Gasteiger partial charge in [-0.1, -0.05) is 25.0 Å². The summed E-state index contributed by atoms with van der Waals surface area (Å²) in [7, 11) is 0. The van der Waals surface area contributed by atoms with E-state index in [0.717, 1.165) is 38.5 Å². The zero-order valence-electron chi connectivity index (χ0n) is 15.8. The van der Waals surface area contributed by atoms with Gasteiger partial charge in [-0.2, -0.15) is 0 Å². The molecular weight excluding hydrogens is 368 g/mol. The molecule has 1 N–H and O–H groups in total. The van der Waals surface area contributed by atoms with Gasteiger partial charge in [0.1, 0.15) is 5.92 Å². The highest BCUT2D eigenvalue weighted by molar-refractivity contribution is 5.98. The summed E-state index contributed by atoms with van der Waals surface area (Å²) in [4.78, 5) is 37.2. The Hall–Kier alpha value is -1.93. The number of hydrogen-bond acceptors (Lipinski definition) is 8. The molecule has 4 aliphatic rings. The van der Waals surface area contributed by atoms with Crippen molar-refractivity contribution < 1.29 is 38.4 Å². The van der Waals surface area contributed by atoms with Gasteiger partial charge in [-0.25, -0.2) is 0 Å². The third-order valence-electron chi connectivity index (χ3n) is 6.02. The zero-order valence-corrected chi connectivity index (χ0v) is 15.8. The number of ether oxygens (including phenoxy) is 4. The molecule has 2 heterocycles. The van der Waals surface area contributed by atoms with Crippen LogP contribution in [0.4, 0.5) is 0 Å². The molecule has 2 spiro atoms. The van der Waals surface area contributed by atoms with Crippen molar-refractivity contribution in [2.24, 2.45) is 11.8 Å². The zero-order chi connectivity index (χ0) is 19.8. The van der Waals surface area contributed by atoms with Crippen LogP contribution >= 0.6 is 0 Å². The Morgan fingerprint density at radius 2 is 1.21 bits per heavy atom. The molecule has 2 saturated heterocycles. The molecule has 0 radical (unpaired) electrons. The second-order valence-electron chi connectivity index (χ2n) is 8.10. The van der Waals surface area contributed by atoms with Crippen molar-refractivity contribution >= 4 is 17.9 Å². The van der Waals surface area contributed by atoms with E-state index in [4.69, 9.17) is 18.9 Å². The van der Waals surface area contributed by atoms with Crippen LogP contribution in [0.1, 0.15) is 64.2 Å². The number of aliphatic hydroxyl groups excluding tert-OH is 1. The van der Waals surface area contributed by atoms with Crippen molar-refractivity contribution in [3.63, 3.8) is 0 Å². The van der Waals surface area contributed by atoms with Crippen molar-refractivity contribution in [3.05, 3.63) is 12.2 Å². The first-order valence-electron chi connectivity index (χ1n) is 10.1. The smallest absolute Gasteiger partial charge is 0.327 e. The van der Waals surface area contributed by atoms with E-state index in [9.17, 15) is 19.5 Å². The van der Waals surface area contributed by atoms with Gasteiger partial charge in [-0.3, -0.25) is 14.4 Å². The normalized spacial score (nSPS) is 33.0. The highest BCUT2D eigenvalue weighted by Crippen LogP contribution is 2.40. The van der Waals surface area contributed by atoms with Crippen molar-refractivity contribution in [3.8, 4) is 0 Å². The number of esters is 3. The fourth-order valence-corrected chi connectivity index (χ4v) is 4.46. The minimum absolute atomic E-state index is 0.504. The molecule has 2 aliphatic carbocycles. The van der Waals surface area contributed by atoms with Gasteiger partial charge in [0.2, 0.25) is 5.79 Å². The molecule has 8 nitrogen and oxygen atoms in total. The largest absolute Gasteiger partial charge is 0.432 e. The van der Waals surface area contributed by atoms with Crippen LogP contribution in [0.2, 0.25) is 0 Å². The number of aliphatic hydroxyl groups is 1. The van der Waals surface area contributed by atoms with Gasteiger partial charge in [0.15, 0.2) is 12.2 Å². The summed E-state index contributed by atoms with van der Waals surface area (Å²) >= 11 is 0. The molecule has 4 fully saturated rings. The number of hydrogen-bond donors (Lipinski definition) is 1. The van der Waals surface area contributed by atoms with Crippen molar-refractivity contribution in [1.29, 1.82) is 0 Å². The van der Waals surface area contributed by atoms with E-state index in [1.54, 1.807) is 0 Å². The standard InChI is InChI=1S/C20H26O8/c21-15-13(16(22)26-19(25-15)9-3-1-4-10-19)7-8-14-17(23)27-20(28-18(14)24)11-5-2-6-12-20/h7-8,13-15,21H,1-6,9-12H2/b8-7+. The average Bonchev–Trinajstić information content (AvgIpc) is 2.64. The number of rotatable bonds is 2. The van der Waals surface area contributed by atoms with E-state index in [-0.39, 0.29) is 0 Å². The highest BCUT2D eigenvalue weighted by atomic mass is 16.8. The summed E-state index contributed by atoms with van der Waals surface area (Å²) in [6, 6.07) is 0. The average molecular weight is 394 g/mol. The predicted octanol–water partition coefficient (Wildman–Crippen LogP) is 2.09. The third-order valence-corrected chi connectivity index (χ3v) is 6.02. The molecule has 0 aromatic rings. The fourth-order valence-electron chi connectivity index (χ4n) is 4.46. The second-order valence-corrected chi connectivity index (χ2v) is 8.10. The quantitative estimate of drug-likeness (QED) is 0.431. The van der Waals surface area contributed by atoms with E-state index < -0.39 is 47.6 Å². The first kappa shape index (κ1) is 19.4. The molecule has 0 amide bonds. The van der Waals surface area contributed by atoms with E-state index in [0.29, 0.717) is 25.7 Å². The van der Waals surface area contributed by atoms with Crippen LogP contribution in [0.3, 0.4) is 0 Å². The van der Waals surface area contributed by atoms with Gasteiger partial charge in [0.25, 0.3) is 5.79 Å². The number of carbonyl (C=O) groups excluding carboxylic acids is 3. The van der Waals surface area contributed by atoms with Crippen molar-refractivity contribution in [1.82, 2.24) is 0 Å². The van der Waals surface area contributed by atoms with Gasteiger partial charge < -0.3 is 24.1 Å². The van der Waals surface area contributed by atoms with Crippen LogP contribution in [0, 0.1) is 11.8 Å². The van der Waals surface area contributed by atoms with Crippen LogP contribution in [-0.4, -0.2) is 40.9 Å². The van der Waals surface area contributed by atoms with Gasteiger partial charge in [0.05, 0.1) is 0 Å². The molecule has 8 heteroatoms. The number of carbonyl (C=O) groups is 3. The van der Waals surface area contributed by atoms with Crippen LogP contribution in [0.15, 0.2) is 12.2 Å². The molecule has 28 heavy (non-hydrogen) atoms. The third kappa shape index (κ3) is 3.67. The van der Waals surface area contributed by atoms with Gasteiger partial charge in [0, 0.05) is 25.7 Å². The second kappa shape index (κ2) is 7.48. The fraction of sp³-hybridized carbons (Fsp3) is 0.750. The summed E-state index contributed by atoms with van der Waals surface area (Å²) in [5.74, 6) is -6.60. The SMILES string of the molecule is O=C1OC2(CCCCC2)OC(=O)C1/C=C/C1C(=O)OC2(CCCCC2)OC1O. The molecule has 0 bridgehead atoms. The van der Waals surface area contributed by atoms with Crippen LogP contribution in [-0.2, 0) is 33.3 Å².